The van der Waals surface area contributed by atoms with Crippen LogP contribution in [0.3, 0.4) is 0 Å². The van der Waals surface area contributed by atoms with E-state index in [-0.39, 0.29) is 23.9 Å². The van der Waals surface area contributed by atoms with Crippen LogP contribution in [0.25, 0.3) is 11.3 Å². The van der Waals surface area contributed by atoms with Crippen LogP contribution in [-0.4, -0.2) is 87.6 Å². The Kier molecular flexibility index (Phi) is 12.6. The molecule has 2 N–H and O–H groups in total. The fourth-order valence-electron chi connectivity index (χ4n) is 6.02. The molecule has 52 heavy (non-hydrogen) atoms. The van der Waals surface area contributed by atoms with Crippen molar-refractivity contribution in [3.8, 4) is 11.3 Å². The first-order valence-corrected chi connectivity index (χ1v) is 17.2. The molecule has 1 aromatic heterocycles. The number of rotatable bonds is 13. The first-order chi connectivity index (χ1) is 25.0. The molecule has 0 radical (unpaired) electrons. The molecule has 0 unspecified atom stereocenters. The quantitative estimate of drug-likeness (QED) is 0.178. The van der Waals surface area contributed by atoms with Crippen LogP contribution < -0.4 is 20.4 Å². The van der Waals surface area contributed by atoms with Gasteiger partial charge in [-0.05, 0) is 72.6 Å². The molecule has 274 valence electrons. The molecule has 1 fully saturated rings. The zero-order chi connectivity index (χ0) is 37.3. The van der Waals surface area contributed by atoms with Gasteiger partial charge in [-0.1, -0.05) is 25.1 Å². The molecule has 0 atom stereocenters. The number of carbonyl (C=O) groups is 3. The number of alkyl halides is 3. The summed E-state index contributed by atoms with van der Waals surface area (Å²) in [6.07, 6.45) is -2.10. The Labute approximate surface area is 301 Å². The molecule has 0 saturated carbocycles. The topological polar surface area (TPSA) is 107 Å². The Balaban J connectivity index is 1.53. The number of nitrogens with one attached hydrogen (secondary N) is 2. The third-order valence-electron chi connectivity index (χ3n) is 8.86. The Bertz CT molecular complexity index is 1880. The summed E-state index contributed by atoms with van der Waals surface area (Å²) in [4.78, 5) is 50.9. The van der Waals surface area contributed by atoms with Gasteiger partial charge in [0.05, 0.1) is 30.2 Å². The molecular weight excluding hydrogens is 673 g/mol. The largest absolute Gasteiger partial charge is 0.416 e. The number of halogens is 3. The van der Waals surface area contributed by atoms with Crippen molar-refractivity contribution in [1.29, 1.82) is 0 Å². The van der Waals surface area contributed by atoms with Gasteiger partial charge in [-0.15, -0.1) is 0 Å². The van der Waals surface area contributed by atoms with Crippen LogP contribution in [0.4, 0.5) is 24.5 Å². The number of ether oxygens (including phenoxy) is 1. The van der Waals surface area contributed by atoms with Gasteiger partial charge in [0.1, 0.15) is 0 Å². The number of nitrogens with zero attached hydrogens (tertiary/aromatic N) is 4. The molecule has 3 aromatic carbocycles. The summed E-state index contributed by atoms with van der Waals surface area (Å²) >= 11 is 0. The third kappa shape index (κ3) is 9.53. The first-order valence-electron chi connectivity index (χ1n) is 17.2. The normalized spacial score (nSPS) is 13.3. The van der Waals surface area contributed by atoms with E-state index in [4.69, 9.17) is 4.74 Å². The number of carbonyl (C=O) groups excluding carboxylic acids is 3. The number of amides is 3. The molecule has 13 heteroatoms. The average molecular weight is 717 g/mol. The molecule has 0 spiro atoms. The van der Waals surface area contributed by atoms with E-state index in [1.54, 1.807) is 35.2 Å². The number of aromatic nitrogens is 1. The lowest BCUT2D eigenvalue weighted by atomic mass is 10.0. The van der Waals surface area contributed by atoms with E-state index in [0.29, 0.717) is 59.9 Å². The zero-order valence-electron chi connectivity index (χ0n) is 29.5. The second-order valence-corrected chi connectivity index (χ2v) is 12.5. The summed E-state index contributed by atoms with van der Waals surface area (Å²) in [6.45, 7) is 6.26. The monoisotopic (exact) mass is 716 g/mol. The average Bonchev–Trinajstić information content (AvgIpc) is 3.17. The van der Waals surface area contributed by atoms with E-state index in [0.717, 1.165) is 43.9 Å². The molecule has 3 amide bonds. The van der Waals surface area contributed by atoms with Gasteiger partial charge in [-0.2, -0.15) is 13.2 Å². The van der Waals surface area contributed by atoms with Crippen LogP contribution in [-0.2, 0) is 17.5 Å². The van der Waals surface area contributed by atoms with Gasteiger partial charge in [0, 0.05) is 87.5 Å². The summed E-state index contributed by atoms with van der Waals surface area (Å²) in [6, 6.07) is 20.3. The van der Waals surface area contributed by atoms with Crippen LogP contribution in [0, 0.1) is 0 Å². The van der Waals surface area contributed by atoms with Crippen molar-refractivity contribution in [3.05, 3.63) is 113 Å². The lowest BCUT2D eigenvalue weighted by Gasteiger charge is -2.31. The highest BCUT2D eigenvalue weighted by atomic mass is 19.4. The predicted octanol–water partition coefficient (Wildman–Crippen LogP) is 5.88. The smallest absolute Gasteiger partial charge is 0.379 e. The molecule has 1 aliphatic rings. The standard InChI is InChI=1S/C39H43F3N6O4/c1-4-15-46(3)32-11-12-35(48(17-16-47-18-20-52-21-19-47)38(51)30-9-6-8-28(23-30)36(49)43-2)33(25-32)34-24-29(13-14-44-34)37(50)45-26-27-7-5-10-31(22-27)39(40,41)42/h5-14,22-25H,4,15-21,26H2,1-3H3,(H,43,49)(H,45,50). The van der Waals surface area contributed by atoms with E-state index < -0.39 is 17.6 Å². The molecule has 0 bridgehead atoms. The summed E-state index contributed by atoms with van der Waals surface area (Å²) in [5.74, 6) is -1.12. The van der Waals surface area contributed by atoms with Gasteiger partial charge >= 0.3 is 6.18 Å². The van der Waals surface area contributed by atoms with Gasteiger partial charge in [-0.3, -0.25) is 24.3 Å². The predicted molar refractivity (Wildman–Crippen MR) is 195 cm³/mol. The Morgan fingerprint density at radius 2 is 1.62 bits per heavy atom. The van der Waals surface area contributed by atoms with Gasteiger partial charge in [-0.25, -0.2) is 0 Å². The Hall–Kier alpha value is -5.27. The highest BCUT2D eigenvalue weighted by molar-refractivity contribution is 6.09. The summed E-state index contributed by atoms with van der Waals surface area (Å²) < 4.78 is 45.3. The Morgan fingerprint density at radius 3 is 2.35 bits per heavy atom. The molecule has 1 saturated heterocycles. The van der Waals surface area contributed by atoms with E-state index in [1.165, 1.54) is 31.4 Å². The number of morpholine rings is 1. The highest BCUT2D eigenvalue weighted by Gasteiger charge is 2.30. The third-order valence-corrected chi connectivity index (χ3v) is 8.86. The molecule has 1 aliphatic heterocycles. The number of hydrogen-bond donors (Lipinski definition) is 2. The maximum atomic E-state index is 14.5. The van der Waals surface area contributed by atoms with Crippen molar-refractivity contribution < 1.29 is 32.3 Å². The Morgan fingerprint density at radius 1 is 0.885 bits per heavy atom. The van der Waals surface area contributed by atoms with E-state index >= 15 is 0 Å². The summed E-state index contributed by atoms with van der Waals surface area (Å²) in [5, 5.41) is 5.32. The van der Waals surface area contributed by atoms with Crippen molar-refractivity contribution >= 4 is 29.1 Å². The second kappa shape index (κ2) is 17.3. The molecule has 5 rings (SSSR count). The number of hydrogen-bond acceptors (Lipinski definition) is 7. The summed E-state index contributed by atoms with van der Waals surface area (Å²) in [5.41, 5.74) is 2.92. The fourth-order valence-corrected chi connectivity index (χ4v) is 6.02. The van der Waals surface area contributed by atoms with Gasteiger partial charge in [0.15, 0.2) is 0 Å². The lowest BCUT2D eigenvalue weighted by molar-refractivity contribution is -0.137. The molecule has 10 nitrogen and oxygen atoms in total. The molecule has 4 aromatic rings. The van der Waals surface area contributed by atoms with E-state index in [2.05, 4.69) is 32.3 Å². The fraction of sp³-hybridized carbons (Fsp3) is 0.333. The first kappa shape index (κ1) is 38.0. The van der Waals surface area contributed by atoms with Crippen LogP contribution in [0.15, 0.2) is 85.1 Å². The van der Waals surface area contributed by atoms with Crippen molar-refractivity contribution in [2.24, 2.45) is 0 Å². The zero-order valence-corrected chi connectivity index (χ0v) is 29.5. The van der Waals surface area contributed by atoms with Crippen molar-refractivity contribution in [2.45, 2.75) is 26.1 Å². The van der Waals surface area contributed by atoms with Gasteiger partial charge in [0.2, 0.25) is 0 Å². The van der Waals surface area contributed by atoms with Gasteiger partial charge in [0.25, 0.3) is 17.7 Å². The van der Waals surface area contributed by atoms with Crippen molar-refractivity contribution in [1.82, 2.24) is 20.5 Å². The minimum absolute atomic E-state index is 0.109. The second-order valence-electron chi connectivity index (χ2n) is 12.5. The van der Waals surface area contributed by atoms with Crippen molar-refractivity contribution in [2.75, 3.05) is 69.8 Å². The van der Waals surface area contributed by atoms with Crippen LogP contribution in [0.5, 0.6) is 0 Å². The van der Waals surface area contributed by atoms with E-state index in [9.17, 15) is 27.6 Å². The SMILES string of the molecule is CCCN(C)c1ccc(N(CCN2CCOCC2)C(=O)c2cccc(C(=O)NC)c2)c(-c2cc(C(=O)NCc3cccc(C(F)(F)F)c3)ccn2)c1. The van der Waals surface area contributed by atoms with Crippen LogP contribution >= 0.6 is 0 Å². The maximum absolute atomic E-state index is 14.5. The minimum Gasteiger partial charge on any atom is -0.379 e. The van der Waals surface area contributed by atoms with Crippen LogP contribution in [0.1, 0.15) is 55.5 Å². The number of benzene rings is 3. The number of pyridine rings is 1. The minimum atomic E-state index is -4.50. The van der Waals surface area contributed by atoms with Crippen LogP contribution in [0.2, 0.25) is 0 Å². The maximum Gasteiger partial charge on any atom is 0.416 e. The molecular formula is C39H43F3N6O4. The van der Waals surface area contributed by atoms with Crippen molar-refractivity contribution in [3.63, 3.8) is 0 Å². The highest BCUT2D eigenvalue weighted by Crippen LogP contribution is 2.35. The molecule has 2 heterocycles. The number of anilines is 2. The summed E-state index contributed by atoms with van der Waals surface area (Å²) in [7, 11) is 3.50. The van der Waals surface area contributed by atoms with Gasteiger partial charge < -0.3 is 25.2 Å². The lowest BCUT2D eigenvalue weighted by Crippen LogP contribution is -2.43. The molecule has 0 aliphatic carbocycles. The van der Waals surface area contributed by atoms with E-state index in [1.807, 2.05) is 25.2 Å².